The predicted octanol–water partition coefficient (Wildman–Crippen LogP) is 0.594. The van der Waals surface area contributed by atoms with Crippen molar-refractivity contribution < 1.29 is 14.3 Å². The van der Waals surface area contributed by atoms with Crippen molar-refractivity contribution in [2.75, 3.05) is 13.2 Å². The molecule has 2 aromatic rings. The standard InChI is InChI=1S/C18H21N5O3/c24-15-10-26-17(18(25)21-7-5-13-9-20-11-22-13)16(23(15)14-3-4-14)12-2-1-6-19-8-12/h1-2,6,8-9,11,14,16-17H,3-5,7,10H2,(H,20,22)(H,21,25)/t16-,17+/m1/s1. The van der Waals surface area contributed by atoms with Crippen LogP contribution in [0.2, 0.25) is 0 Å². The van der Waals surface area contributed by atoms with Gasteiger partial charge < -0.3 is 19.9 Å². The van der Waals surface area contributed by atoms with Crippen LogP contribution in [0.4, 0.5) is 0 Å². The number of carbonyl (C=O) groups excluding carboxylic acids is 2. The Morgan fingerprint density at radius 1 is 1.35 bits per heavy atom. The Morgan fingerprint density at radius 3 is 2.92 bits per heavy atom. The Hall–Kier alpha value is -2.74. The molecule has 8 nitrogen and oxygen atoms in total. The van der Waals surface area contributed by atoms with Crippen LogP contribution in [-0.2, 0) is 20.7 Å². The zero-order chi connectivity index (χ0) is 17.9. The lowest BCUT2D eigenvalue weighted by atomic mass is 9.98. The number of rotatable bonds is 6. The molecule has 8 heteroatoms. The van der Waals surface area contributed by atoms with E-state index in [1.54, 1.807) is 24.9 Å². The van der Waals surface area contributed by atoms with E-state index in [9.17, 15) is 9.59 Å². The largest absolute Gasteiger partial charge is 0.356 e. The first-order valence-electron chi connectivity index (χ1n) is 8.81. The zero-order valence-electron chi connectivity index (χ0n) is 14.3. The molecule has 1 saturated heterocycles. The summed E-state index contributed by atoms with van der Waals surface area (Å²) in [7, 11) is 0. The molecule has 2 aliphatic rings. The number of carbonyl (C=O) groups is 2. The van der Waals surface area contributed by atoms with Crippen molar-refractivity contribution in [1.82, 2.24) is 25.2 Å². The fourth-order valence-electron chi connectivity index (χ4n) is 3.36. The van der Waals surface area contributed by atoms with E-state index in [1.165, 1.54) is 0 Å². The smallest absolute Gasteiger partial charge is 0.251 e. The van der Waals surface area contributed by atoms with Crippen LogP contribution < -0.4 is 5.32 Å². The van der Waals surface area contributed by atoms with Crippen molar-refractivity contribution >= 4 is 11.8 Å². The van der Waals surface area contributed by atoms with Gasteiger partial charge >= 0.3 is 0 Å². The van der Waals surface area contributed by atoms with Gasteiger partial charge in [-0.3, -0.25) is 14.6 Å². The van der Waals surface area contributed by atoms with Gasteiger partial charge in [0.15, 0.2) is 6.10 Å². The van der Waals surface area contributed by atoms with Crippen LogP contribution in [-0.4, -0.2) is 57.0 Å². The number of ether oxygens (including phenoxy) is 1. The topological polar surface area (TPSA) is 100 Å². The van der Waals surface area contributed by atoms with Gasteiger partial charge in [-0.05, 0) is 24.5 Å². The molecular formula is C18H21N5O3. The fraction of sp³-hybridized carbons (Fsp3) is 0.444. The van der Waals surface area contributed by atoms with E-state index in [2.05, 4.69) is 20.3 Å². The van der Waals surface area contributed by atoms with E-state index >= 15 is 0 Å². The number of nitrogens with one attached hydrogen (secondary N) is 2. The fourth-order valence-corrected chi connectivity index (χ4v) is 3.36. The van der Waals surface area contributed by atoms with Gasteiger partial charge in [0.1, 0.15) is 6.61 Å². The van der Waals surface area contributed by atoms with Gasteiger partial charge in [0.2, 0.25) is 5.91 Å². The number of hydrogen-bond acceptors (Lipinski definition) is 5. The molecule has 4 rings (SSSR count). The summed E-state index contributed by atoms with van der Waals surface area (Å²) in [5.74, 6) is -0.278. The minimum absolute atomic E-state index is 0.0636. The molecule has 3 heterocycles. The number of imidazole rings is 1. The average Bonchev–Trinajstić information content (AvgIpc) is 3.37. The second-order valence-electron chi connectivity index (χ2n) is 6.61. The highest BCUT2D eigenvalue weighted by Crippen LogP contribution is 2.39. The van der Waals surface area contributed by atoms with Gasteiger partial charge in [0.25, 0.3) is 5.91 Å². The second kappa shape index (κ2) is 7.25. The number of hydrogen-bond donors (Lipinski definition) is 2. The highest BCUT2D eigenvalue weighted by Gasteiger charge is 2.47. The summed E-state index contributed by atoms with van der Waals surface area (Å²) in [4.78, 5) is 38.2. The molecule has 2 atom stereocenters. The first-order chi connectivity index (χ1) is 12.7. The summed E-state index contributed by atoms with van der Waals surface area (Å²) in [6, 6.07) is 3.45. The minimum atomic E-state index is -0.737. The summed E-state index contributed by atoms with van der Waals surface area (Å²) in [5.41, 5.74) is 1.77. The third-order valence-electron chi connectivity index (χ3n) is 4.73. The molecule has 2 aromatic heterocycles. The van der Waals surface area contributed by atoms with Crippen molar-refractivity contribution in [3.63, 3.8) is 0 Å². The lowest BCUT2D eigenvalue weighted by Gasteiger charge is -2.40. The van der Waals surface area contributed by atoms with E-state index in [0.717, 1.165) is 24.1 Å². The zero-order valence-corrected chi connectivity index (χ0v) is 14.3. The molecule has 26 heavy (non-hydrogen) atoms. The molecule has 2 N–H and O–H groups in total. The summed E-state index contributed by atoms with van der Waals surface area (Å²) in [6.07, 6.45) is 8.57. The van der Waals surface area contributed by atoms with Crippen molar-refractivity contribution in [2.24, 2.45) is 0 Å². The number of amides is 2. The average molecular weight is 355 g/mol. The molecule has 0 unspecified atom stereocenters. The van der Waals surface area contributed by atoms with Crippen LogP contribution >= 0.6 is 0 Å². The lowest BCUT2D eigenvalue weighted by molar-refractivity contribution is -0.165. The highest BCUT2D eigenvalue weighted by atomic mass is 16.5. The third-order valence-corrected chi connectivity index (χ3v) is 4.73. The summed E-state index contributed by atoms with van der Waals surface area (Å²) >= 11 is 0. The molecule has 1 aliphatic carbocycles. The van der Waals surface area contributed by atoms with E-state index < -0.39 is 12.1 Å². The van der Waals surface area contributed by atoms with Crippen LogP contribution in [0.25, 0.3) is 0 Å². The summed E-state index contributed by atoms with van der Waals surface area (Å²) in [5, 5.41) is 2.92. The van der Waals surface area contributed by atoms with E-state index in [4.69, 9.17) is 4.74 Å². The quantitative estimate of drug-likeness (QED) is 0.790. The van der Waals surface area contributed by atoms with Crippen LogP contribution in [0.15, 0.2) is 37.1 Å². The molecular weight excluding hydrogens is 334 g/mol. The van der Waals surface area contributed by atoms with Crippen LogP contribution in [0.5, 0.6) is 0 Å². The van der Waals surface area contributed by atoms with E-state index in [1.807, 2.05) is 17.0 Å². The highest BCUT2D eigenvalue weighted by molar-refractivity contribution is 5.86. The van der Waals surface area contributed by atoms with Gasteiger partial charge in [-0.25, -0.2) is 4.98 Å². The normalized spacial score (nSPS) is 23.1. The van der Waals surface area contributed by atoms with Crippen molar-refractivity contribution in [3.8, 4) is 0 Å². The van der Waals surface area contributed by atoms with Gasteiger partial charge in [-0.2, -0.15) is 0 Å². The SMILES string of the molecule is O=C(NCCc1cnc[nH]1)[C@H]1OCC(=O)N(C2CC2)[C@@H]1c1cccnc1. The molecule has 2 amide bonds. The molecule has 1 saturated carbocycles. The Labute approximate surface area is 151 Å². The first-order valence-corrected chi connectivity index (χ1v) is 8.81. The van der Waals surface area contributed by atoms with Crippen molar-refractivity contribution in [3.05, 3.63) is 48.3 Å². The van der Waals surface area contributed by atoms with Crippen molar-refractivity contribution in [2.45, 2.75) is 37.5 Å². The third kappa shape index (κ3) is 3.45. The van der Waals surface area contributed by atoms with Gasteiger partial charge in [0, 0.05) is 43.3 Å². The second-order valence-corrected chi connectivity index (χ2v) is 6.61. The predicted molar refractivity (Wildman–Crippen MR) is 91.9 cm³/mol. The Bertz CT molecular complexity index is 760. The number of aromatic amines is 1. The van der Waals surface area contributed by atoms with Crippen LogP contribution in [0.3, 0.4) is 0 Å². The van der Waals surface area contributed by atoms with Crippen molar-refractivity contribution in [1.29, 1.82) is 0 Å². The maximum Gasteiger partial charge on any atom is 0.251 e. The molecule has 0 spiro atoms. The van der Waals surface area contributed by atoms with Crippen LogP contribution in [0, 0.1) is 0 Å². The number of nitrogens with zero attached hydrogens (tertiary/aromatic N) is 3. The lowest BCUT2D eigenvalue weighted by Crippen LogP contribution is -2.55. The summed E-state index contributed by atoms with van der Waals surface area (Å²) < 4.78 is 5.66. The molecule has 2 fully saturated rings. The molecule has 0 radical (unpaired) electrons. The van der Waals surface area contributed by atoms with Gasteiger partial charge in [-0.15, -0.1) is 0 Å². The molecule has 136 valence electrons. The number of H-pyrrole nitrogens is 1. The molecule has 0 bridgehead atoms. The molecule has 0 aromatic carbocycles. The van der Waals surface area contributed by atoms with E-state index in [0.29, 0.717) is 13.0 Å². The summed E-state index contributed by atoms with van der Waals surface area (Å²) in [6.45, 7) is 0.407. The van der Waals surface area contributed by atoms with Crippen LogP contribution in [0.1, 0.15) is 30.1 Å². The monoisotopic (exact) mass is 355 g/mol. The maximum atomic E-state index is 12.8. The Morgan fingerprint density at radius 2 is 2.23 bits per heavy atom. The number of aromatic nitrogens is 3. The first kappa shape index (κ1) is 16.7. The minimum Gasteiger partial charge on any atom is -0.356 e. The van der Waals surface area contributed by atoms with E-state index in [-0.39, 0.29) is 24.5 Å². The maximum absolute atomic E-state index is 12.8. The Kier molecular flexibility index (Phi) is 4.66. The Balaban J connectivity index is 1.50. The van der Waals surface area contributed by atoms with Gasteiger partial charge in [0.05, 0.1) is 12.4 Å². The number of pyridine rings is 1. The number of morpholine rings is 1. The van der Waals surface area contributed by atoms with Gasteiger partial charge in [-0.1, -0.05) is 6.07 Å². The molecule has 1 aliphatic heterocycles.